The van der Waals surface area contributed by atoms with Crippen molar-refractivity contribution >= 4 is 31.3 Å². The molecule has 1 aromatic rings. The predicted octanol–water partition coefficient (Wildman–Crippen LogP) is -0.556. The lowest BCUT2D eigenvalue weighted by Crippen LogP contribution is -2.33. The van der Waals surface area contributed by atoms with Crippen LogP contribution in [0.25, 0.3) is 0 Å². The standard InChI is InChI=1S/C10H18N4O4S2/c1-10(4-5-20(17,18)6-10)14-8(11)7(19(3,15)16)9(12-2)13-14/h4-6,11H2,1-3H3,(H,12,13). The molecule has 1 fully saturated rings. The smallest absolute Gasteiger partial charge is 0.182 e. The van der Waals surface area contributed by atoms with Crippen LogP contribution in [0.2, 0.25) is 0 Å². The molecule has 8 nitrogen and oxygen atoms in total. The van der Waals surface area contributed by atoms with Gasteiger partial charge in [0, 0.05) is 13.3 Å². The minimum absolute atomic E-state index is 0.0311. The van der Waals surface area contributed by atoms with Gasteiger partial charge < -0.3 is 11.1 Å². The SMILES string of the molecule is CNc1nn(C2(C)CCS(=O)(=O)C2)c(N)c1S(C)(=O)=O. The molecule has 10 heteroatoms. The van der Waals surface area contributed by atoms with Crippen LogP contribution in [0.15, 0.2) is 4.90 Å². The van der Waals surface area contributed by atoms with Crippen molar-refractivity contribution in [3.05, 3.63) is 0 Å². The normalized spacial score (nSPS) is 25.8. The zero-order valence-electron chi connectivity index (χ0n) is 11.5. The average Bonchev–Trinajstić information content (AvgIpc) is 2.76. The van der Waals surface area contributed by atoms with E-state index in [0.29, 0.717) is 6.42 Å². The van der Waals surface area contributed by atoms with Crippen LogP contribution in [0.1, 0.15) is 13.3 Å². The molecule has 20 heavy (non-hydrogen) atoms. The second-order valence-electron chi connectivity index (χ2n) is 5.34. The molecule has 0 aromatic carbocycles. The number of nitrogen functional groups attached to an aromatic ring is 1. The lowest BCUT2D eigenvalue weighted by Gasteiger charge is -2.24. The van der Waals surface area contributed by atoms with E-state index in [1.165, 1.54) is 11.7 Å². The molecule has 0 bridgehead atoms. The second-order valence-corrected chi connectivity index (χ2v) is 9.47. The molecule has 114 valence electrons. The first-order valence-corrected chi connectivity index (χ1v) is 9.69. The van der Waals surface area contributed by atoms with Crippen LogP contribution in [0, 0.1) is 0 Å². The number of nitrogens with two attached hydrogens (primary N) is 1. The molecule has 2 heterocycles. The molecule has 1 atom stereocenters. The quantitative estimate of drug-likeness (QED) is 0.764. The Balaban J connectivity index is 2.64. The summed E-state index contributed by atoms with van der Waals surface area (Å²) in [5.41, 5.74) is 5.08. The molecular weight excluding hydrogens is 304 g/mol. The molecule has 2 rings (SSSR count). The summed E-state index contributed by atoms with van der Waals surface area (Å²) in [6, 6.07) is 0. The number of nitrogens with one attached hydrogen (secondary N) is 1. The summed E-state index contributed by atoms with van der Waals surface area (Å²) in [6.07, 6.45) is 1.40. The Kier molecular flexibility index (Phi) is 3.29. The Hall–Kier alpha value is -1.29. The number of sulfone groups is 2. The third-order valence-corrected chi connectivity index (χ3v) is 6.51. The van der Waals surface area contributed by atoms with Gasteiger partial charge in [0.05, 0.1) is 17.0 Å². The number of nitrogens with zero attached hydrogens (tertiary/aromatic N) is 2. The maximum absolute atomic E-state index is 11.8. The van der Waals surface area contributed by atoms with Gasteiger partial charge in [-0.15, -0.1) is 0 Å². The van der Waals surface area contributed by atoms with Crippen LogP contribution >= 0.6 is 0 Å². The van der Waals surface area contributed by atoms with Crippen LogP contribution in [-0.4, -0.2) is 51.4 Å². The van der Waals surface area contributed by atoms with E-state index in [2.05, 4.69) is 10.4 Å². The number of hydrogen-bond acceptors (Lipinski definition) is 7. The van der Waals surface area contributed by atoms with E-state index in [9.17, 15) is 16.8 Å². The van der Waals surface area contributed by atoms with Crippen molar-refractivity contribution < 1.29 is 16.8 Å². The molecule has 1 unspecified atom stereocenters. The van der Waals surface area contributed by atoms with Gasteiger partial charge in [-0.3, -0.25) is 0 Å². The molecule has 0 amide bonds. The van der Waals surface area contributed by atoms with Crippen LogP contribution in [0.4, 0.5) is 11.6 Å². The Morgan fingerprint density at radius 1 is 1.45 bits per heavy atom. The first kappa shape index (κ1) is 15.1. The number of hydrogen-bond donors (Lipinski definition) is 2. The van der Waals surface area contributed by atoms with Crippen molar-refractivity contribution in [1.82, 2.24) is 9.78 Å². The minimum Gasteiger partial charge on any atom is -0.383 e. The Bertz CT molecular complexity index is 750. The third kappa shape index (κ3) is 2.37. The van der Waals surface area contributed by atoms with E-state index in [1.807, 2.05) is 0 Å². The highest BCUT2D eigenvalue weighted by Gasteiger charge is 2.43. The summed E-state index contributed by atoms with van der Waals surface area (Å²) in [5, 5.41) is 6.84. The highest BCUT2D eigenvalue weighted by atomic mass is 32.2. The zero-order valence-corrected chi connectivity index (χ0v) is 13.2. The molecule has 0 saturated carbocycles. The van der Waals surface area contributed by atoms with E-state index < -0.39 is 25.2 Å². The summed E-state index contributed by atoms with van der Waals surface area (Å²) in [6.45, 7) is 1.71. The Labute approximate surface area is 118 Å². The summed E-state index contributed by atoms with van der Waals surface area (Å²) in [4.78, 5) is -0.0921. The minimum atomic E-state index is -3.56. The Morgan fingerprint density at radius 3 is 2.40 bits per heavy atom. The predicted molar refractivity (Wildman–Crippen MR) is 76.2 cm³/mol. The highest BCUT2D eigenvalue weighted by molar-refractivity contribution is 7.91. The maximum Gasteiger partial charge on any atom is 0.182 e. The molecule has 1 saturated heterocycles. The first-order valence-electron chi connectivity index (χ1n) is 5.97. The molecule has 0 aliphatic carbocycles. The van der Waals surface area contributed by atoms with Crippen LogP contribution < -0.4 is 11.1 Å². The molecule has 1 aliphatic heterocycles. The highest BCUT2D eigenvalue weighted by Crippen LogP contribution is 2.36. The largest absolute Gasteiger partial charge is 0.383 e. The van der Waals surface area contributed by atoms with Gasteiger partial charge in [0.2, 0.25) is 0 Å². The molecule has 3 N–H and O–H groups in total. The van der Waals surface area contributed by atoms with Crippen molar-refractivity contribution in [1.29, 1.82) is 0 Å². The van der Waals surface area contributed by atoms with Crippen LogP contribution in [0.3, 0.4) is 0 Å². The van der Waals surface area contributed by atoms with Crippen LogP contribution in [-0.2, 0) is 25.2 Å². The monoisotopic (exact) mass is 322 g/mol. The summed E-state index contributed by atoms with van der Waals surface area (Å²) in [7, 11) is -5.18. The molecule has 0 radical (unpaired) electrons. The van der Waals surface area contributed by atoms with Crippen molar-refractivity contribution in [2.24, 2.45) is 0 Å². The number of aromatic nitrogens is 2. The van der Waals surface area contributed by atoms with Gasteiger partial charge in [-0.25, -0.2) is 21.5 Å². The number of rotatable bonds is 3. The second kappa shape index (κ2) is 4.35. The van der Waals surface area contributed by atoms with Gasteiger partial charge in [0.1, 0.15) is 5.82 Å². The van der Waals surface area contributed by atoms with Gasteiger partial charge in [-0.2, -0.15) is 5.10 Å². The molecule has 0 spiro atoms. The summed E-state index contributed by atoms with van der Waals surface area (Å²) < 4.78 is 48.3. The van der Waals surface area contributed by atoms with E-state index in [-0.39, 0.29) is 28.0 Å². The molecule has 1 aromatic heterocycles. The fourth-order valence-corrected chi connectivity index (χ4v) is 5.59. The number of anilines is 2. The fourth-order valence-electron chi connectivity index (χ4n) is 2.52. The van der Waals surface area contributed by atoms with Crippen molar-refractivity contribution in [2.75, 3.05) is 35.9 Å². The molecular formula is C10H18N4O4S2. The average molecular weight is 322 g/mol. The lowest BCUT2D eigenvalue weighted by molar-refractivity contribution is 0.334. The van der Waals surface area contributed by atoms with Crippen LogP contribution in [0.5, 0.6) is 0 Å². The maximum atomic E-state index is 11.8. The molecule has 1 aliphatic rings. The van der Waals surface area contributed by atoms with E-state index in [4.69, 9.17) is 5.73 Å². The first-order chi connectivity index (χ1) is 9.00. The van der Waals surface area contributed by atoms with Crippen molar-refractivity contribution in [3.63, 3.8) is 0 Å². The van der Waals surface area contributed by atoms with Gasteiger partial charge >= 0.3 is 0 Å². The summed E-state index contributed by atoms with van der Waals surface area (Å²) >= 11 is 0. The summed E-state index contributed by atoms with van der Waals surface area (Å²) in [5.74, 6) is 0.0522. The Morgan fingerprint density at radius 2 is 2.05 bits per heavy atom. The van der Waals surface area contributed by atoms with E-state index >= 15 is 0 Å². The van der Waals surface area contributed by atoms with Gasteiger partial charge in [-0.1, -0.05) is 0 Å². The van der Waals surface area contributed by atoms with E-state index in [1.54, 1.807) is 6.92 Å². The van der Waals surface area contributed by atoms with Gasteiger partial charge in [-0.05, 0) is 13.3 Å². The van der Waals surface area contributed by atoms with Crippen molar-refractivity contribution in [2.45, 2.75) is 23.8 Å². The van der Waals surface area contributed by atoms with E-state index in [0.717, 1.165) is 6.26 Å². The zero-order chi connectivity index (χ0) is 15.3. The third-order valence-electron chi connectivity index (χ3n) is 3.48. The van der Waals surface area contributed by atoms with Gasteiger partial charge in [0.15, 0.2) is 30.4 Å². The van der Waals surface area contributed by atoms with Crippen molar-refractivity contribution in [3.8, 4) is 0 Å². The van der Waals surface area contributed by atoms with Gasteiger partial charge in [0.25, 0.3) is 0 Å². The topological polar surface area (TPSA) is 124 Å². The lowest BCUT2D eigenvalue weighted by atomic mass is 10.0. The fraction of sp³-hybridized carbons (Fsp3) is 0.700.